The van der Waals surface area contributed by atoms with Crippen LogP contribution in [0.4, 0.5) is 0 Å². The monoisotopic (exact) mass is 335 g/mol. The van der Waals surface area contributed by atoms with Crippen LogP contribution in [0.15, 0.2) is 46.9 Å². The van der Waals surface area contributed by atoms with Crippen LogP contribution in [0.25, 0.3) is 0 Å². The third kappa shape index (κ3) is 4.68. The van der Waals surface area contributed by atoms with Crippen LogP contribution in [0, 0.1) is 0 Å². The normalized spacial score (nSPS) is 11.1. The highest BCUT2D eigenvalue weighted by Crippen LogP contribution is 2.10. The zero-order valence-electron chi connectivity index (χ0n) is 11.8. The highest BCUT2D eigenvalue weighted by atomic mass is 35.5. The van der Waals surface area contributed by atoms with Crippen molar-refractivity contribution in [2.45, 2.75) is 6.92 Å². The third-order valence-corrected chi connectivity index (χ3v) is 3.97. The summed E-state index contributed by atoms with van der Waals surface area (Å²) in [6.45, 7) is 1.65. The fourth-order valence-corrected chi connectivity index (χ4v) is 2.39. The molecule has 0 aliphatic rings. The van der Waals surface area contributed by atoms with Crippen molar-refractivity contribution in [2.75, 3.05) is 6.54 Å². The number of hydrogen-bond donors (Lipinski definition) is 2. The molecule has 1 aromatic carbocycles. The molecule has 0 unspecified atom stereocenters. The van der Waals surface area contributed by atoms with E-state index in [1.807, 2.05) is 17.5 Å². The topological polar surface area (TPSA) is 70.6 Å². The number of carbonyl (C=O) groups is 2. The van der Waals surface area contributed by atoms with Gasteiger partial charge in [-0.3, -0.25) is 9.59 Å². The average Bonchev–Trinajstić information content (AvgIpc) is 3.05. The van der Waals surface area contributed by atoms with Crippen LogP contribution in [0.5, 0.6) is 0 Å². The Labute approximate surface area is 137 Å². The SMILES string of the molecule is C/C(=N\NC(=O)CNC(=O)c1ccc(Cl)cc1)c1cccs1. The molecule has 0 spiro atoms. The molecule has 1 heterocycles. The van der Waals surface area contributed by atoms with Crippen LogP contribution in [-0.4, -0.2) is 24.1 Å². The second-order valence-electron chi connectivity index (χ2n) is 4.40. The van der Waals surface area contributed by atoms with E-state index in [1.54, 1.807) is 31.2 Å². The van der Waals surface area contributed by atoms with Gasteiger partial charge in [0.05, 0.1) is 12.3 Å². The summed E-state index contributed by atoms with van der Waals surface area (Å²) in [4.78, 5) is 24.5. The lowest BCUT2D eigenvalue weighted by molar-refractivity contribution is -0.120. The number of rotatable bonds is 5. The molecule has 0 saturated heterocycles. The lowest BCUT2D eigenvalue weighted by Crippen LogP contribution is -2.35. The number of thiophene rings is 1. The van der Waals surface area contributed by atoms with Crippen molar-refractivity contribution in [2.24, 2.45) is 5.10 Å². The van der Waals surface area contributed by atoms with E-state index in [2.05, 4.69) is 15.8 Å². The summed E-state index contributed by atoms with van der Waals surface area (Å²) in [7, 11) is 0. The highest BCUT2D eigenvalue weighted by Gasteiger charge is 2.07. The van der Waals surface area contributed by atoms with Gasteiger partial charge >= 0.3 is 0 Å². The van der Waals surface area contributed by atoms with E-state index in [9.17, 15) is 9.59 Å². The number of amides is 2. The maximum absolute atomic E-state index is 11.8. The number of carbonyl (C=O) groups excluding carboxylic acids is 2. The van der Waals surface area contributed by atoms with Gasteiger partial charge in [-0.05, 0) is 42.6 Å². The van der Waals surface area contributed by atoms with Crippen molar-refractivity contribution in [3.8, 4) is 0 Å². The van der Waals surface area contributed by atoms with Crippen molar-refractivity contribution >= 4 is 40.5 Å². The van der Waals surface area contributed by atoms with E-state index >= 15 is 0 Å². The summed E-state index contributed by atoms with van der Waals surface area (Å²) in [5.41, 5.74) is 3.56. The first-order chi connectivity index (χ1) is 10.6. The van der Waals surface area contributed by atoms with Gasteiger partial charge in [-0.15, -0.1) is 11.3 Å². The van der Waals surface area contributed by atoms with Crippen molar-refractivity contribution < 1.29 is 9.59 Å². The molecule has 2 rings (SSSR count). The molecule has 0 radical (unpaired) electrons. The first-order valence-electron chi connectivity index (χ1n) is 6.47. The van der Waals surface area contributed by atoms with Crippen LogP contribution >= 0.6 is 22.9 Å². The molecule has 7 heteroatoms. The molecule has 0 aliphatic carbocycles. The number of hydrazone groups is 1. The summed E-state index contributed by atoms with van der Waals surface area (Å²) in [6.07, 6.45) is 0. The minimum absolute atomic E-state index is 0.150. The van der Waals surface area contributed by atoms with E-state index in [-0.39, 0.29) is 12.5 Å². The predicted molar refractivity (Wildman–Crippen MR) is 88.5 cm³/mol. The Hall–Kier alpha value is -2.18. The molecule has 0 fully saturated rings. The van der Waals surface area contributed by atoms with E-state index in [4.69, 9.17) is 11.6 Å². The number of nitrogens with zero attached hydrogens (tertiary/aromatic N) is 1. The van der Waals surface area contributed by atoms with Crippen molar-refractivity contribution in [1.82, 2.24) is 10.7 Å². The molecule has 2 N–H and O–H groups in total. The number of hydrogen-bond acceptors (Lipinski definition) is 4. The Balaban J connectivity index is 1.81. The van der Waals surface area contributed by atoms with Gasteiger partial charge < -0.3 is 5.32 Å². The third-order valence-electron chi connectivity index (χ3n) is 2.74. The maximum Gasteiger partial charge on any atom is 0.259 e. The van der Waals surface area contributed by atoms with Gasteiger partial charge in [0.25, 0.3) is 11.8 Å². The quantitative estimate of drug-likeness (QED) is 0.651. The second-order valence-corrected chi connectivity index (χ2v) is 5.78. The highest BCUT2D eigenvalue weighted by molar-refractivity contribution is 7.12. The lowest BCUT2D eigenvalue weighted by atomic mass is 10.2. The van der Waals surface area contributed by atoms with Crippen LogP contribution < -0.4 is 10.7 Å². The van der Waals surface area contributed by atoms with Gasteiger partial charge in [0.2, 0.25) is 0 Å². The number of benzene rings is 1. The van der Waals surface area contributed by atoms with Gasteiger partial charge in [-0.1, -0.05) is 17.7 Å². The van der Waals surface area contributed by atoms with E-state index in [0.717, 1.165) is 4.88 Å². The molecule has 2 aromatic rings. The molecule has 2 amide bonds. The van der Waals surface area contributed by atoms with Crippen molar-refractivity contribution in [1.29, 1.82) is 0 Å². The summed E-state index contributed by atoms with van der Waals surface area (Å²) >= 11 is 7.28. The van der Waals surface area contributed by atoms with Gasteiger partial charge in [-0.25, -0.2) is 5.43 Å². The molecule has 0 bridgehead atoms. The Kier molecular flexibility index (Phi) is 5.68. The summed E-state index contributed by atoms with van der Waals surface area (Å²) in [5.74, 6) is -0.732. The van der Waals surface area contributed by atoms with Crippen LogP contribution in [0.3, 0.4) is 0 Å². The Morgan fingerprint density at radius 3 is 2.59 bits per heavy atom. The average molecular weight is 336 g/mol. The predicted octanol–water partition coefficient (Wildman–Crippen LogP) is 2.67. The Morgan fingerprint density at radius 2 is 1.95 bits per heavy atom. The molecule has 0 aliphatic heterocycles. The molecule has 22 heavy (non-hydrogen) atoms. The number of halogens is 1. The van der Waals surface area contributed by atoms with E-state index < -0.39 is 5.91 Å². The zero-order chi connectivity index (χ0) is 15.9. The molecular formula is C15H14ClN3O2S. The standard InChI is InChI=1S/C15H14ClN3O2S/c1-10(13-3-2-8-22-13)18-19-14(20)9-17-15(21)11-4-6-12(16)7-5-11/h2-8H,9H2,1H3,(H,17,21)(H,19,20)/b18-10+. The van der Waals surface area contributed by atoms with Crippen LogP contribution in [-0.2, 0) is 4.79 Å². The van der Waals surface area contributed by atoms with Gasteiger partial charge in [0, 0.05) is 15.5 Å². The summed E-state index contributed by atoms with van der Waals surface area (Å²) < 4.78 is 0. The molecule has 114 valence electrons. The Morgan fingerprint density at radius 1 is 1.23 bits per heavy atom. The Bertz CT molecular complexity index is 681. The first kappa shape index (κ1) is 16.2. The summed E-state index contributed by atoms with van der Waals surface area (Å²) in [5, 5.41) is 8.99. The minimum atomic E-state index is -0.391. The van der Waals surface area contributed by atoms with Crippen molar-refractivity contribution in [3.05, 3.63) is 57.2 Å². The van der Waals surface area contributed by atoms with Crippen LogP contribution in [0.2, 0.25) is 5.02 Å². The lowest BCUT2D eigenvalue weighted by Gasteiger charge is -2.05. The van der Waals surface area contributed by atoms with Crippen LogP contribution in [0.1, 0.15) is 22.2 Å². The molecule has 0 saturated carbocycles. The molecule has 0 atom stereocenters. The fourth-order valence-electron chi connectivity index (χ4n) is 1.59. The smallest absolute Gasteiger partial charge is 0.259 e. The minimum Gasteiger partial charge on any atom is -0.343 e. The van der Waals surface area contributed by atoms with Gasteiger partial charge in [-0.2, -0.15) is 5.10 Å². The zero-order valence-corrected chi connectivity index (χ0v) is 13.4. The number of nitrogens with one attached hydrogen (secondary N) is 2. The first-order valence-corrected chi connectivity index (χ1v) is 7.73. The van der Waals surface area contributed by atoms with E-state index in [0.29, 0.717) is 16.3 Å². The fraction of sp³-hybridized carbons (Fsp3) is 0.133. The van der Waals surface area contributed by atoms with E-state index in [1.165, 1.54) is 11.3 Å². The summed E-state index contributed by atoms with van der Waals surface area (Å²) in [6, 6.07) is 10.2. The molecule has 5 nitrogen and oxygen atoms in total. The maximum atomic E-state index is 11.8. The molecule has 1 aromatic heterocycles. The van der Waals surface area contributed by atoms with Gasteiger partial charge in [0.1, 0.15) is 0 Å². The van der Waals surface area contributed by atoms with Crippen molar-refractivity contribution in [3.63, 3.8) is 0 Å². The van der Waals surface area contributed by atoms with Gasteiger partial charge in [0.15, 0.2) is 0 Å². The largest absolute Gasteiger partial charge is 0.343 e. The second kappa shape index (κ2) is 7.72. The molecular weight excluding hydrogens is 322 g/mol.